The monoisotopic (exact) mass is 1500 g/mol. The summed E-state index contributed by atoms with van der Waals surface area (Å²) in [6, 6.07) is 9.12. The summed E-state index contributed by atoms with van der Waals surface area (Å²) in [4.78, 5) is 142. The van der Waals surface area contributed by atoms with Crippen LogP contribution in [0.3, 0.4) is 0 Å². The molecule has 28 heteroatoms. The van der Waals surface area contributed by atoms with Crippen molar-refractivity contribution in [1.29, 1.82) is 0 Å². The summed E-state index contributed by atoms with van der Waals surface area (Å²) in [6.45, 7) is 20.0. The van der Waals surface area contributed by atoms with Crippen LogP contribution in [0.2, 0.25) is 0 Å². The van der Waals surface area contributed by atoms with Gasteiger partial charge in [-0.15, -0.1) is 0 Å². The fraction of sp³-hybridized carbons (Fsp3) is 0.537. The van der Waals surface area contributed by atoms with Crippen molar-refractivity contribution in [2.75, 3.05) is 62.9 Å². The number of piperidine rings is 1. The molecule has 584 valence electrons. The van der Waals surface area contributed by atoms with Crippen LogP contribution in [0.4, 0.5) is 21.9 Å². The molecule has 5 heterocycles. The maximum absolute atomic E-state index is 15.2. The Bertz CT molecular complexity index is 4540. The molecule has 4 aliphatic rings. The number of esters is 1. The Balaban J connectivity index is 0.936. The maximum atomic E-state index is 15.2. The number of primary amides is 1. The number of nitrogens with two attached hydrogens (primary N) is 1. The maximum Gasteiger partial charge on any atom is 0.312 e. The van der Waals surface area contributed by atoms with E-state index in [1.165, 1.54) is 64.2 Å². The number of amides is 7. The van der Waals surface area contributed by atoms with E-state index in [-0.39, 0.29) is 129 Å². The summed E-state index contributed by atoms with van der Waals surface area (Å²) in [5.74, 6) is -10.2. The first-order chi connectivity index (χ1) is 51.0. The largest absolute Gasteiger partial charge is 0.507 e. The lowest BCUT2D eigenvalue weighted by atomic mass is 9.78. The van der Waals surface area contributed by atoms with Gasteiger partial charge in [0.05, 0.1) is 61.4 Å². The molecule has 12 atom stereocenters. The molecule has 5 aromatic rings. The molecule has 2 unspecified atom stereocenters. The number of unbranched alkanes of at least 4 members (excludes halogenated alkanes) is 2. The number of Topliss-reactive ketones (excluding diaryl/α,β-unsaturated/α-hetero) is 1. The summed E-state index contributed by atoms with van der Waals surface area (Å²) >= 11 is 0. The number of quaternary nitrogens is 1. The van der Waals surface area contributed by atoms with E-state index in [0.717, 1.165) is 5.56 Å². The Morgan fingerprint density at radius 1 is 0.880 bits per heavy atom. The zero-order valence-corrected chi connectivity index (χ0v) is 64.2. The van der Waals surface area contributed by atoms with Gasteiger partial charge in [-0.05, 0) is 63.7 Å². The van der Waals surface area contributed by atoms with E-state index in [1.54, 1.807) is 65.0 Å². The van der Waals surface area contributed by atoms with Gasteiger partial charge in [-0.2, -0.15) is 0 Å². The van der Waals surface area contributed by atoms with E-state index in [0.29, 0.717) is 80.6 Å². The number of nitrogens with zero attached hydrogens (tertiary/aromatic N) is 4. The van der Waals surface area contributed by atoms with Crippen molar-refractivity contribution in [3.05, 3.63) is 109 Å². The molecule has 0 spiro atoms. The van der Waals surface area contributed by atoms with Gasteiger partial charge in [-0.25, -0.2) is 9.78 Å². The normalized spacial score (nSPS) is 25.0. The topological polar surface area (TPSA) is 395 Å². The fourth-order valence-electron chi connectivity index (χ4n) is 15.4. The fourth-order valence-corrected chi connectivity index (χ4v) is 15.4. The number of methoxy groups -OCH3 is 1. The average molecular weight is 1500 g/mol. The highest BCUT2D eigenvalue weighted by atomic mass is 16.7. The number of hydrogen-bond donors (Lipinski definition) is 9. The Hall–Kier alpha value is -9.77. The molecule has 2 saturated heterocycles. The molecule has 0 aliphatic carbocycles. The zero-order chi connectivity index (χ0) is 79.1. The summed E-state index contributed by atoms with van der Waals surface area (Å²) in [7, 11) is 5.70. The average Bonchev–Trinajstić information content (AvgIpc) is 1.50. The lowest BCUT2D eigenvalue weighted by Crippen LogP contribution is -2.53. The summed E-state index contributed by atoms with van der Waals surface area (Å²) < 4.78 is 31.5. The van der Waals surface area contributed by atoms with Gasteiger partial charge in [0.2, 0.25) is 34.5 Å². The van der Waals surface area contributed by atoms with Crippen LogP contribution in [-0.2, 0) is 54.3 Å². The first-order valence-electron chi connectivity index (χ1n) is 37.3. The molecule has 4 aromatic carbocycles. The third-order valence-electron chi connectivity index (χ3n) is 22.0. The molecule has 2 fully saturated rings. The second kappa shape index (κ2) is 34.6. The Morgan fingerprint density at radius 3 is 2.21 bits per heavy atom. The number of carbonyl (C=O) groups excluding carboxylic acids is 8. The number of hydrogen-bond acceptors (Lipinski definition) is 21. The number of likely N-dealkylation sites (tertiary alicyclic amines) is 1. The molecule has 10 N–H and O–H groups in total. The predicted molar refractivity (Wildman–Crippen MR) is 407 cm³/mol. The van der Waals surface area contributed by atoms with E-state index in [1.807, 2.05) is 26.0 Å². The van der Waals surface area contributed by atoms with Gasteiger partial charge in [0.15, 0.2) is 28.2 Å². The second-order valence-electron chi connectivity index (χ2n) is 30.8. The number of carbonyl (C=O) groups is 8. The molecule has 28 nitrogen and oxygen atoms in total. The molecule has 108 heavy (non-hydrogen) atoms. The van der Waals surface area contributed by atoms with Crippen LogP contribution in [0.1, 0.15) is 145 Å². The number of allylic oxidation sites excluding steroid dienone is 2. The van der Waals surface area contributed by atoms with E-state index in [9.17, 15) is 63.6 Å². The van der Waals surface area contributed by atoms with Crippen LogP contribution >= 0.6 is 0 Å². The molecule has 0 radical (unpaired) electrons. The van der Waals surface area contributed by atoms with E-state index >= 15 is 4.79 Å². The quantitative estimate of drug-likeness (QED) is 0.00750. The van der Waals surface area contributed by atoms with Gasteiger partial charge in [0.1, 0.15) is 35.4 Å². The number of aliphatic hydroxyl groups excluding tert-OH is 3. The molecular formula is C80H106N9O19+. The third kappa shape index (κ3) is 18.3. The minimum absolute atomic E-state index is 0.0126. The minimum Gasteiger partial charge on any atom is -0.507 e. The third-order valence-corrected chi connectivity index (χ3v) is 22.0. The molecule has 7 amide bonds. The number of ether oxygens (including phenoxy) is 4. The van der Waals surface area contributed by atoms with E-state index in [2.05, 4.69) is 40.3 Å². The number of nitrogens with one attached hydrogen (secondary N) is 4. The van der Waals surface area contributed by atoms with Crippen molar-refractivity contribution < 1.29 is 86.6 Å². The number of aromatic hydroxyl groups is 1. The second-order valence-corrected chi connectivity index (χ2v) is 30.8. The van der Waals surface area contributed by atoms with Gasteiger partial charge < -0.3 is 80.2 Å². The summed E-state index contributed by atoms with van der Waals surface area (Å²) in [5, 5.41) is 58.3. The van der Waals surface area contributed by atoms with Crippen LogP contribution in [-0.4, -0.2) is 172 Å². The first-order valence-corrected chi connectivity index (χ1v) is 37.3. The number of benzene rings is 4. The lowest BCUT2D eigenvalue weighted by Gasteiger charge is -2.43. The van der Waals surface area contributed by atoms with E-state index < -0.39 is 118 Å². The highest BCUT2D eigenvalue weighted by Crippen LogP contribution is 2.43. The number of fused-ring (bicyclic) bond motifs is 2. The van der Waals surface area contributed by atoms with Crippen LogP contribution in [0.5, 0.6) is 11.5 Å². The number of phenols is 1. The Kier molecular flexibility index (Phi) is 26.4. The first kappa shape index (κ1) is 82.3. The van der Waals surface area contributed by atoms with Crippen molar-refractivity contribution in [3.63, 3.8) is 0 Å². The summed E-state index contributed by atoms with van der Waals surface area (Å²) in [5.41, 5.74) is 4.79. The number of imide groups is 1. The standard InChI is InChI=1S/C80H105N9O19/c1-41(2)64(84-59(93)23-16-15-17-32-88-60(94)36-44(5)78(88)102)55(91)37-51(22-19-31-82-79(81)103)77(101)83-52-26-24-50(25-27-52)40-89(12,13)54-28-33-87(34-29-54)53-38-56(92)65-58(39-53)107-74-66(85-65)61-62-70(97)48(9)73-63(61)75(99)80(11,108-73)105-35-30-57(104-14)45(6)72(106-49(10)90)47(8)69(96)46(7)68(95)42(3)20-18-21-43(4)76(100)86-67(74)71(62)98/h18,20-21,24-27,30,35,38-39,41-42,44-47,51,54,57,64,68-69,72,95-96H,15-17,19,22-23,28-29,31-34,36-37,40H2,1-14H3,(H7-,81,82,83,84,85,86,92,93,97,98,99,100,101,103)/p+1/b20-18+,35-30+,43-21-/t42-,44?,45+,46+,47+,51+,57-,64-,68-,69+,72?,80-/m0/s1. The lowest BCUT2D eigenvalue weighted by molar-refractivity contribution is -0.928. The molecular weight excluding hydrogens is 1390 g/mol. The molecule has 4 bridgehead atoms. The summed E-state index contributed by atoms with van der Waals surface area (Å²) in [6.07, 6.45) is 7.07. The van der Waals surface area contributed by atoms with Gasteiger partial charge in [-0.1, -0.05) is 85.2 Å². The van der Waals surface area contributed by atoms with Gasteiger partial charge in [0, 0.05) is 160 Å². The van der Waals surface area contributed by atoms with Crippen LogP contribution < -0.4 is 52.7 Å². The highest BCUT2D eigenvalue weighted by Gasteiger charge is 2.45. The van der Waals surface area contributed by atoms with Crippen LogP contribution in [0, 0.1) is 48.3 Å². The zero-order valence-electron chi connectivity index (χ0n) is 64.2. The van der Waals surface area contributed by atoms with Crippen molar-refractivity contribution in [2.45, 2.75) is 189 Å². The highest BCUT2D eigenvalue weighted by molar-refractivity contribution is 6.17. The number of anilines is 3. The van der Waals surface area contributed by atoms with Crippen LogP contribution in [0.25, 0.3) is 38.7 Å². The Morgan fingerprint density at radius 2 is 1.57 bits per heavy atom. The molecule has 4 aliphatic heterocycles. The number of aliphatic hydroxyl groups is 3. The molecule has 9 rings (SSSR count). The van der Waals surface area contributed by atoms with Crippen LogP contribution in [0.15, 0.2) is 86.5 Å². The van der Waals surface area contributed by atoms with Crippen molar-refractivity contribution in [1.82, 2.24) is 20.5 Å². The van der Waals surface area contributed by atoms with Gasteiger partial charge >= 0.3 is 17.8 Å². The minimum atomic E-state index is -2.05. The van der Waals surface area contributed by atoms with E-state index in [4.69, 9.17) is 34.1 Å². The number of urea groups is 1. The van der Waals surface area contributed by atoms with Crippen molar-refractivity contribution >= 4 is 103 Å². The molecule has 1 aromatic heterocycles. The SMILES string of the molecule is CO[C@H]1/C=C/O[C@@]2(C)Oc3c(C)c(O)c4c(=O)c(c5oc6cc(N7CCC([N+](C)(C)Cc8ccc(NC(=O)[C@H](CCCNC(N)=O)CC(=O)[C@@H](NC(=O)CCCCCN9C(=O)CC(C)C9=O)C(C)C)cc8)CC7)cc(=O)c6nc5c4c3=C2O)NC(=O)/C(C)=C\C=C\[C@H](C)[C@H](O)[C@@H](C)[C@@H](O)[C@@H](C)C(OC(C)=O)[C@@H]1C. The van der Waals surface area contributed by atoms with Crippen molar-refractivity contribution in [3.8, 4) is 11.5 Å². The smallest absolute Gasteiger partial charge is 0.312 e. The predicted octanol–water partition coefficient (Wildman–Crippen LogP) is 7.86. The number of aromatic nitrogens is 1. The van der Waals surface area contributed by atoms with Gasteiger partial charge in [-0.3, -0.25) is 48.1 Å². The molecule has 0 saturated carbocycles. The van der Waals surface area contributed by atoms with Gasteiger partial charge in [0.25, 0.3) is 5.91 Å². The number of rotatable bonds is 23. The number of phenolic OH excluding ortho intramolecular Hbond substituents is 1. The number of ketones is 1. The Labute approximate surface area is 627 Å². The van der Waals surface area contributed by atoms with Crippen molar-refractivity contribution in [2.24, 2.45) is 47.2 Å².